The summed E-state index contributed by atoms with van der Waals surface area (Å²) in [6.07, 6.45) is 0.727. The highest BCUT2D eigenvalue weighted by atomic mass is 32.1. The fraction of sp³-hybridized carbons (Fsp3) is 0.278. The van der Waals surface area contributed by atoms with Crippen LogP contribution < -0.4 is 10.6 Å². The van der Waals surface area contributed by atoms with Gasteiger partial charge in [-0.3, -0.25) is 0 Å². The molecule has 3 N–H and O–H groups in total. The van der Waals surface area contributed by atoms with Gasteiger partial charge >= 0.3 is 11.9 Å². The van der Waals surface area contributed by atoms with Crippen molar-refractivity contribution in [1.82, 2.24) is 5.32 Å². The second kappa shape index (κ2) is 8.77. The summed E-state index contributed by atoms with van der Waals surface area (Å²) in [5.41, 5.74) is 2.60. The lowest BCUT2D eigenvalue weighted by Gasteiger charge is -2.11. The van der Waals surface area contributed by atoms with Gasteiger partial charge in [0.15, 0.2) is 5.11 Å². The predicted molar refractivity (Wildman–Crippen MR) is 106 cm³/mol. The molecule has 0 atom stereocenters. The summed E-state index contributed by atoms with van der Waals surface area (Å²) < 4.78 is 4.89. The first-order chi connectivity index (χ1) is 12.4. The number of ether oxygens (including phenoxy) is 1. The van der Waals surface area contributed by atoms with E-state index in [0.717, 1.165) is 22.4 Å². The van der Waals surface area contributed by atoms with E-state index in [4.69, 9.17) is 22.1 Å². The number of nitrogens with one attached hydrogen (secondary N) is 2. The smallest absolute Gasteiger partial charge is 0.341 e. The van der Waals surface area contributed by atoms with Crippen molar-refractivity contribution >= 4 is 45.6 Å². The number of esters is 1. The van der Waals surface area contributed by atoms with Gasteiger partial charge in [0.05, 0.1) is 18.2 Å². The van der Waals surface area contributed by atoms with Gasteiger partial charge in [0.25, 0.3) is 0 Å². The Morgan fingerprint density at radius 2 is 1.92 bits per heavy atom. The number of carbonyl (C=O) groups excluding carboxylic acids is 1. The minimum atomic E-state index is -0.961. The Balaban J connectivity index is 2.06. The SMILES string of the molecule is CCc1c(C)sc(NC(=S)NCc2ccc(C(=O)O)cc2)c1C(=O)OC. The molecule has 0 saturated carbocycles. The average Bonchev–Trinajstić information content (AvgIpc) is 2.94. The number of rotatable bonds is 6. The molecule has 0 radical (unpaired) electrons. The Bertz CT molecular complexity index is 828. The van der Waals surface area contributed by atoms with Crippen molar-refractivity contribution in [1.29, 1.82) is 0 Å². The standard InChI is InChI=1S/C18H20N2O4S2/c1-4-13-10(2)26-15(14(13)17(23)24-3)20-18(25)19-9-11-5-7-12(8-6-11)16(21)22/h5-8H,4,9H2,1-3H3,(H,21,22)(H2,19,20,25). The third kappa shape index (κ3) is 4.59. The van der Waals surface area contributed by atoms with Crippen LogP contribution in [0.25, 0.3) is 0 Å². The molecule has 8 heteroatoms. The number of thiocarbonyl (C=S) groups is 1. The highest BCUT2D eigenvalue weighted by molar-refractivity contribution is 7.80. The zero-order chi connectivity index (χ0) is 19.3. The minimum absolute atomic E-state index is 0.235. The van der Waals surface area contributed by atoms with Crippen molar-refractivity contribution in [3.05, 3.63) is 51.4 Å². The van der Waals surface area contributed by atoms with Crippen LogP contribution in [-0.4, -0.2) is 29.3 Å². The molecule has 6 nitrogen and oxygen atoms in total. The number of benzene rings is 1. The van der Waals surface area contributed by atoms with E-state index >= 15 is 0 Å². The largest absolute Gasteiger partial charge is 0.478 e. The van der Waals surface area contributed by atoms with Gasteiger partial charge in [0.2, 0.25) is 0 Å². The van der Waals surface area contributed by atoms with E-state index in [1.807, 2.05) is 13.8 Å². The maximum absolute atomic E-state index is 12.1. The quantitative estimate of drug-likeness (QED) is 0.511. The summed E-state index contributed by atoms with van der Waals surface area (Å²) in [4.78, 5) is 24.0. The molecule has 26 heavy (non-hydrogen) atoms. The predicted octanol–water partition coefficient (Wildman–Crippen LogP) is 3.59. The number of methoxy groups -OCH3 is 1. The number of thiophene rings is 1. The molecule has 0 amide bonds. The maximum atomic E-state index is 12.1. The Kier molecular flexibility index (Phi) is 6.70. The van der Waals surface area contributed by atoms with Gasteiger partial charge in [0, 0.05) is 11.4 Å². The lowest BCUT2D eigenvalue weighted by atomic mass is 10.1. The van der Waals surface area contributed by atoms with E-state index in [0.29, 0.717) is 22.2 Å². The fourth-order valence-corrected chi connectivity index (χ4v) is 3.88. The summed E-state index contributed by atoms with van der Waals surface area (Å²) in [6.45, 7) is 4.38. The van der Waals surface area contributed by atoms with Crippen molar-refractivity contribution in [2.75, 3.05) is 12.4 Å². The van der Waals surface area contributed by atoms with Crippen LogP contribution in [0.5, 0.6) is 0 Å². The second-order valence-electron chi connectivity index (χ2n) is 5.50. The van der Waals surface area contributed by atoms with Gasteiger partial charge < -0.3 is 20.5 Å². The zero-order valence-electron chi connectivity index (χ0n) is 14.7. The fourth-order valence-electron chi connectivity index (χ4n) is 2.51. The molecule has 0 aliphatic rings. The van der Waals surface area contributed by atoms with Gasteiger partial charge in [-0.05, 0) is 48.8 Å². The lowest BCUT2D eigenvalue weighted by molar-refractivity contribution is 0.0600. The van der Waals surface area contributed by atoms with Gasteiger partial charge in [-0.2, -0.15) is 0 Å². The molecule has 0 aliphatic heterocycles. The first-order valence-electron chi connectivity index (χ1n) is 7.95. The number of aryl methyl sites for hydroxylation is 1. The molecule has 0 saturated heterocycles. The van der Waals surface area contributed by atoms with Gasteiger partial charge in [0.1, 0.15) is 5.00 Å². The summed E-state index contributed by atoms with van der Waals surface area (Å²) >= 11 is 6.77. The van der Waals surface area contributed by atoms with Crippen LogP contribution in [0, 0.1) is 6.92 Å². The summed E-state index contributed by atoms with van der Waals surface area (Å²) in [5.74, 6) is -1.35. The van der Waals surface area contributed by atoms with E-state index in [-0.39, 0.29) is 11.5 Å². The van der Waals surface area contributed by atoms with Crippen molar-refractivity contribution in [2.24, 2.45) is 0 Å². The van der Waals surface area contributed by atoms with E-state index in [1.54, 1.807) is 24.3 Å². The Morgan fingerprint density at radius 1 is 1.27 bits per heavy atom. The normalized spacial score (nSPS) is 10.3. The number of anilines is 1. The Labute approximate surface area is 161 Å². The first-order valence-corrected chi connectivity index (χ1v) is 9.17. The Morgan fingerprint density at radius 3 is 2.46 bits per heavy atom. The summed E-state index contributed by atoms with van der Waals surface area (Å²) in [5, 5.41) is 16.1. The van der Waals surface area contributed by atoms with E-state index in [1.165, 1.54) is 18.4 Å². The Hall–Kier alpha value is -2.45. The minimum Gasteiger partial charge on any atom is -0.478 e. The molecule has 0 spiro atoms. The molecule has 0 fully saturated rings. The maximum Gasteiger partial charge on any atom is 0.341 e. The number of hydrogen-bond acceptors (Lipinski definition) is 5. The molecule has 138 valence electrons. The molecule has 1 aromatic carbocycles. The van der Waals surface area contributed by atoms with Crippen LogP contribution in [-0.2, 0) is 17.7 Å². The molecule has 2 rings (SSSR count). The molecule has 0 bridgehead atoms. The third-order valence-corrected chi connectivity index (χ3v) is 5.14. The third-order valence-electron chi connectivity index (χ3n) is 3.83. The first kappa shape index (κ1) is 19.9. The number of hydrogen-bond donors (Lipinski definition) is 3. The highest BCUT2D eigenvalue weighted by Crippen LogP contribution is 2.33. The topological polar surface area (TPSA) is 87.7 Å². The molecule has 0 aliphatic carbocycles. The van der Waals surface area contributed by atoms with Crippen LogP contribution in [0.3, 0.4) is 0 Å². The molecule has 2 aromatic rings. The molecule has 1 heterocycles. The molecular formula is C18H20N2O4S2. The lowest BCUT2D eigenvalue weighted by Crippen LogP contribution is -2.28. The van der Waals surface area contributed by atoms with E-state index in [2.05, 4.69) is 10.6 Å². The molecule has 0 unspecified atom stereocenters. The molecule has 1 aromatic heterocycles. The van der Waals surface area contributed by atoms with Gasteiger partial charge in [-0.1, -0.05) is 19.1 Å². The van der Waals surface area contributed by atoms with Crippen molar-refractivity contribution in [2.45, 2.75) is 26.8 Å². The highest BCUT2D eigenvalue weighted by Gasteiger charge is 2.22. The summed E-state index contributed by atoms with van der Waals surface area (Å²) in [6, 6.07) is 6.54. The van der Waals surface area contributed by atoms with Crippen molar-refractivity contribution < 1.29 is 19.4 Å². The van der Waals surface area contributed by atoms with Crippen LogP contribution in [0.4, 0.5) is 5.00 Å². The van der Waals surface area contributed by atoms with Crippen LogP contribution in [0.15, 0.2) is 24.3 Å². The van der Waals surface area contributed by atoms with Crippen LogP contribution in [0.2, 0.25) is 0 Å². The summed E-state index contributed by atoms with van der Waals surface area (Å²) in [7, 11) is 1.36. The van der Waals surface area contributed by atoms with Gasteiger partial charge in [-0.15, -0.1) is 11.3 Å². The van der Waals surface area contributed by atoms with Crippen LogP contribution in [0.1, 0.15) is 43.6 Å². The number of aromatic carboxylic acids is 1. The van der Waals surface area contributed by atoms with E-state index < -0.39 is 5.97 Å². The zero-order valence-corrected chi connectivity index (χ0v) is 16.3. The number of carbonyl (C=O) groups is 2. The van der Waals surface area contributed by atoms with E-state index in [9.17, 15) is 9.59 Å². The van der Waals surface area contributed by atoms with Crippen LogP contribution >= 0.6 is 23.6 Å². The molecular weight excluding hydrogens is 372 g/mol. The van der Waals surface area contributed by atoms with Crippen molar-refractivity contribution in [3.63, 3.8) is 0 Å². The second-order valence-corrected chi connectivity index (χ2v) is 7.13. The number of carboxylic acid groups (broad SMARTS) is 1. The van der Waals surface area contributed by atoms with Gasteiger partial charge in [-0.25, -0.2) is 9.59 Å². The number of carboxylic acids is 1. The van der Waals surface area contributed by atoms with Crippen molar-refractivity contribution in [3.8, 4) is 0 Å². The average molecular weight is 393 g/mol. The monoisotopic (exact) mass is 392 g/mol.